The first-order valence-electron chi connectivity index (χ1n) is 5.63. The molecule has 1 N–H and O–H groups in total. The summed E-state index contributed by atoms with van der Waals surface area (Å²) in [6, 6.07) is 0. The zero-order chi connectivity index (χ0) is 11.7. The van der Waals surface area contributed by atoms with E-state index in [2.05, 4.69) is 25.7 Å². The number of nitrogens with one attached hydrogen (secondary N) is 1. The summed E-state index contributed by atoms with van der Waals surface area (Å²) >= 11 is 0. The first-order valence-corrected chi connectivity index (χ1v) is 5.63. The highest BCUT2D eigenvalue weighted by Gasteiger charge is 2.06. The van der Waals surface area contributed by atoms with Gasteiger partial charge in [0, 0.05) is 12.1 Å². The minimum atomic E-state index is -0.297. The molecule has 0 fully saturated rings. The molecule has 88 valence electrons. The van der Waals surface area contributed by atoms with Crippen LogP contribution < -0.4 is 5.32 Å². The van der Waals surface area contributed by atoms with Crippen molar-refractivity contribution in [1.82, 2.24) is 5.32 Å². The molecule has 0 saturated carbocycles. The molecule has 0 aliphatic rings. The van der Waals surface area contributed by atoms with Crippen LogP contribution in [0.25, 0.3) is 0 Å². The van der Waals surface area contributed by atoms with Gasteiger partial charge in [0.15, 0.2) is 0 Å². The van der Waals surface area contributed by atoms with Crippen LogP contribution in [0.4, 0.5) is 0 Å². The Labute approximate surface area is 92.9 Å². The third-order valence-electron chi connectivity index (χ3n) is 2.04. The number of esters is 1. The van der Waals surface area contributed by atoms with E-state index >= 15 is 0 Å². The Kier molecular flexibility index (Phi) is 8.01. The number of rotatable bonds is 8. The average molecular weight is 213 g/mol. The second kappa shape index (κ2) is 8.48. The van der Waals surface area contributed by atoms with Crippen molar-refractivity contribution in [3.63, 3.8) is 0 Å². The summed E-state index contributed by atoms with van der Waals surface area (Å²) in [5.74, 6) is 0.439. The van der Waals surface area contributed by atoms with Crippen LogP contribution in [0.15, 0.2) is 12.2 Å². The second-order valence-corrected chi connectivity index (χ2v) is 4.04. The van der Waals surface area contributed by atoms with Gasteiger partial charge in [-0.15, -0.1) is 0 Å². The number of carbonyl (C=O) groups is 1. The highest BCUT2D eigenvalue weighted by molar-refractivity contribution is 5.88. The highest BCUT2D eigenvalue weighted by atomic mass is 16.5. The van der Waals surface area contributed by atoms with Crippen LogP contribution in [0, 0.1) is 5.92 Å². The van der Waals surface area contributed by atoms with Gasteiger partial charge < -0.3 is 10.1 Å². The van der Waals surface area contributed by atoms with Crippen LogP contribution in [0.3, 0.4) is 0 Å². The van der Waals surface area contributed by atoms with E-state index < -0.39 is 0 Å². The molecule has 0 rings (SSSR count). The molecule has 0 bridgehead atoms. The molecule has 0 aromatic carbocycles. The second-order valence-electron chi connectivity index (χ2n) is 4.04. The van der Waals surface area contributed by atoms with Gasteiger partial charge in [-0.1, -0.05) is 20.4 Å². The Morgan fingerprint density at radius 3 is 2.67 bits per heavy atom. The maximum Gasteiger partial charge on any atom is 0.334 e. The minimum Gasteiger partial charge on any atom is -0.463 e. The summed E-state index contributed by atoms with van der Waals surface area (Å²) in [5, 5.41) is 3.18. The summed E-state index contributed by atoms with van der Waals surface area (Å²) < 4.78 is 4.82. The summed E-state index contributed by atoms with van der Waals surface area (Å²) in [4.78, 5) is 11.2. The standard InChI is InChI=1S/C12H23NO2/c1-5-15-12(14)11(4)9-13-8-6-7-10(2)3/h10,13H,4-9H2,1-3H3. The number of carbonyl (C=O) groups excluding carboxylic acids is 1. The molecule has 0 unspecified atom stereocenters. The molecular weight excluding hydrogens is 190 g/mol. The van der Waals surface area contributed by atoms with Gasteiger partial charge in [-0.05, 0) is 32.2 Å². The van der Waals surface area contributed by atoms with Crippen molar-refractivity contribution in [3.05, 3.63) is 12.2 Å². The van der Waals surface area contributed by atoms with Gasteiger partial charge in [0.1, 0.15) is 0 Å². The van der Waals surface area contributed by atoms with Crippen molar-refractivity contribution >= 4 is 5.97 Å². The molecule has 15 heavy (non-hydrogen) atoms. The third-order valence-corrected chi connectivity index (χ3v) is 2.04. The van der Waals surface area contributed by atoms with Crippen LogP contribution in [0.1, 0.15) is 33.6 Å². The minimum absolute atomic E-state index is 0.297. The number of hydrogen-bond donors (Lipinski definition) is 1. The van der Waals surface area contributed by atoms with Crippen molar-refractivity contribution in [1.29, 1.82) is 0 Å². The molecular formula is C12H23NO2. The van der Waals surface area contributed by atoms with Gasteiger partial charge >= 0.3 is 5.97 Å². The zero-order valence-corrected chi connectivity index (χ0v) is 10.1. The smallest absolute Gasteiger partial charge is 0.334 e. The predicted molar refractivity (Wildman–Crippen MR) is 62.7 cm³/mol. The molecule has 0 saturated heterocycles. The first kappa shape index (κ1) is 14.2. The van der Waals surface area contributed by atoms with E-state index in [1.165, 1.54) is 6.42 Å². The van der Waals surface area contributed by atoms with Crippen molar-refractivity contribution in [2.24, 2.45) is 5.92 Å². The van der Waals surface area contributed by atoms with E-state index in [0.717, 1.165) is 18.9 Å². The Balaban J connectivity index is 3.43. The van der Waals surface area contributed by atoms with Crippen LogP contribution in [0.2, 0.25) is 0 Å². The number of hydrogen-bond acceptors (Lipinski definition) is 3. The van der Waals surface area contributed by atoms with Gasteiger partial charge in [-0.2, -0.15) is 0 Å². The third kappa shape index (κ3) is 8.18. The molecule has 0 radical (unpaired) electrons. The van der Waals surface area contributed by atoms with Crippen LogP contribution in [-0.4, -0.2) is 25.7 Å². The summed E-state index contributed by atoms with van der Waals surface area (Å²) in [5.41, 5.74) is 0.501. The SMILES string of the molecule is C=C(CNCCCC(C)C)C(=O)OCC. The fourth-order valence-electron chi connectivity index (χ4n) is 1.18. The maximum atomic E-state index is 11.2. The van der Waals surface area contributed by atoms with Crippen molar-refractivity contribution in [2.75, 3.05) is 19.7 Å². The fraction of sp³-hybridized carbons (Fsp3) is 0.750. The van der Waals surface area contributed by atoms with Crippen molar-refractivity contribution < 1.29 is 9.53 Å². The summed E-state index contributed by atoms with van der Waals surface area (Å²) in [6.45, 7) is 11.7. The van der Waals surface area contributed by atoms with Crippen molar-refractivity contribution in [2.45, 2.75) is 33.6 Å². The number of ether oxygens (including phenoxy) is 1. The predicted octanol–water partition coefficient (Wildman–Crippen LogP) is 2.13. The van der Waals surface area contributed by atoms with Gasteiger partial charge in [0.05, 0.1) is 6.61 Å². The van der Waals surface area contributed by atoms with E-state index in [4.69, 9.17) is 4.74 Å². The average Bonchev–Trinajstić information content (AvgIpc) is 2.16. The maximum absolute atomic E-state index is 11.2. The van der Waals surface area contributed by atoms with Gasteiger partial charge in [-0.25, -0.2) is 4.79 Å². The van der Waals surface area contributed by atoms with Crippen LogP contribution in [0.5, 0.6) is 0 Å². The quantitative estimate of drug-likeness (QED) is 0.381. The molecule has 0 heterocycles. The monoisotopic (exact) mass is 213 g/mol. The molecule has 0 aliphatic carbocycles. The highest BCUT2D eigenvalue weighted by Crippen LogP contribution is 2.01. The van der Waals surface area contributed by atoms with E-state index in [1.807, 2.05) is 0 Å². The van der Waals surface area contributed by atoms with Gasteiger partial charge in [0.25, 0.3) is 0 Å². The Morgan fingerprint density at radius 2 is 2.13 bits per heavy atom. The van der Waals surface area contributed by atoms with Gasteiger partial charge in [0.2, 0.25) is 0 Å². The zero-order valence-electron chi connectivity index (χ0n) is 10.1. The molecule has 0 aromatic rings. The molecule has 0 spiro atoms. The van der Waals surface area contributed by atoms with Crippen LogP contribution >= 0.6 is 0 Å². The molecule has 3 heteroatoms. The molecule has 0 amide bonds. The first-order chi connectivity index (χ1) is 7.07. The fourth-order valence-corrected chi connectivity index (χ4v) is 1.18. The van der Waals surface area contributed by atoms with E-state index in [0.29, 0.717) is 18.7 Å². The lowest BCUT2D eigenvalue weighted by molar-refractivity contribution is -0.138. The van der Waals surface area contributed by atoms with Crippen LogP contribution in [-0.2, 0) is 9.53 Å². The summed E-state index contributed by atoms with van der Waals surface area (Å²) in [7, 11) is 0. The normalized spacial score (nSPS) is 10.4. The van der Waals surface area contributed by atoms with Crippen molar-refractivity contribution in [3.8, 4) is 0 Å². The molecule has 0 aliphatic heterocycles. The molecule has 0 aromatic heterocycles. The van der Waals surface area contributed by atoms with E-state index in [9.17, 15) is 4.79 Å². The molecule has 3 nitrogen and oxygen atoms in total. The van der Waals surface area contributed by atoms with E-state index in [1.54, 1.807) is 6.92 Å². The Hall–Kier alpha value is -0.830. The Bertz CT molecular complexity index is 200. The lowest BCUT2D eigenvalue weighted by atomic mass is 10.1. The van der Waals surface area contributed by atoms with Gasteiger partial charge in [-0.3, -0.25) is 0 Å². The lowest BCUT2D eigenvalue weighted by Crippen LogP contribution is -2.23. The molecule has 0 atom stereocenters. The Morgan fingerprint density at radius 1 is 1.47 bits per heavy atom. The summed E-state index contributed by atoms with van der Waals surface area (Å²) in [6.07, 6.45) is 2.34. The lowest BCUT2D eigenvalue weighted by Gasteiger charge is -2.08. The largest absolute Gasteiger partial charge is 0.463 e. The van der Waals surface area contributed by atoms with E-state index in [-0.39, 0.29) is 5.97 Å². The topological polar surface area (TPSA) is 38.3 Å².